The zero-order valence-electron chi connectivity index (χ0n) is 14.6. The fourth-order valence-corrected chi connectivity index (χ4v) is 2.59. The third kappa shape index (κ3) is 3.21. The number of rotatable bonds is 3. The van der Waals surface area contributed by atoms with Crippen LogP contribution in [0.1, 0.15) is 32.0 Å². The van der Waals surface area contributed by atoms with Crippen LogP contribution in [0.15, 0.2) is 51.7 Å². The fraction of sp³-hybridized carbons (Fsp3) is 0.150. The van der Waals surface area contributed by atoms with Gasteiger partial charge in [-0.3, -0.25) is 9.59 Å². The summed E-state index contributed by atoms with van der Waals surface area (Å²) >= 11 is 0. The van der Waals surface area contributed by atoms with E-state index in [-0.39, 0.29) is 22.4 Å². The molecule has 0 radical (unpaired) electrons. The highest BCUT2D eigenvalue weighted by atomic mass is 16.5. The molecule has 0 spiro atoms. The van der Waals surface area contributed by atoms with Gasteiger partial charge in [0.2, 0.25) is 0 Å². The molecule has 0 atom stereocenters. The Morgan fingerprint density at radius 3 is 2.46 bits per heavy atom. The Labute approximate surface area is 149 Å². The molecule has 0 aliphatic carbocycles. The number of methoxy groups -OCH3 is 1. The van der Waals surface area contributed by atoms with Crippen molar-refractivity contribution < 1.29 is 18.7 Å². The molecule has 1 heterocycles. The number of nitrogens with one attached hydrogen (secondary N) is 1. The molecule has 26 heavy (non-hydrogen) atoms. The van der Waals surface area contributed by atoms with Crippen molar-refractivity contribution in [3.8, 4) is 0 Å². The van der Waals surface area contributed by atoms with Crippen molar-refractivity contribution in [1.82, 2.24) is 0 Å². The third-order valence-electron chi connectivity index (χ3n) is 4.15. The van der Waals surface area contributed by atoms with Crippen LogP contribution in [0.2, 0.25) is 0 Å². The summed E-state index contributed by atoms with van der Waals surface area (Å²) in [5.41, 5.74) is 2.43. The molecule has 2 aromatic carbocycles. The number of hydrogen-bond acceptors (Lipinski definition) is 5. The maximum absolute atomic E-state index is 12.5. The van der Waals surface area contributed by atoms with E-state index in [1.165, 1.54) is 13.2 Å². The maximum atomic E-state index is 12.5. The van der Waals surface area contributed by atoms with Gasteiger partial charge in [0.25, 0.3) is 5.91 Å². The molecule has 3 rings (SSSR count). The first-order valence-electron chi connectivity index (χ1n) is 7.94. The van der Waals surface area contributed by atoms with E-state index < -0.39 is 11.9 Å². The monoisotopic (exact) mass is 351 g/mol. The number of aryl methyl sites for hydroxylation is 2. The summed E-state index contributed by atoms with van der Waals surface area (Å²) in [6.07, 6.45) is 0. The van der Waals surface area contributed by atoms with Crippen LogP contribution in [-0.4, -0.2) is 19.0 Å². The maximum Gasteiger partial charge on any atom is 0.339 e. The number of anilines is 1. The molecular formula is C20H17NO5. The summed E-state index contributed by atoms with van der Waals surface area (Å²) in [6.45, 7) is 3.80. The molecule has 0 bridgehead atoms. The Bertz CT molecular complexity index is 1080. The van der Waals surface area contributed by atoms with Crippen LogP contribution in [0.5, 0.6) is 0 Å². The zero-order chi connectivity index (χ0) is 18.8. The van der Waals surface area contributed by atoms with Crippen LogP contribution in [0.25, 0.3) is 11.0 Å². The van der Waals surface area contributed by atoms with Crippen molar-refractivity contribution in [3.05, 3.63) is 75.1 Å². The van der Waals surface area contributed by atoms with Crippen molar-refractivity contribution in [2.45, 2.75) is 13.8 Å². The largest absolute Gasteiger partial charge is 0.465 e. The molecule has 0 aliphatic heterocycles. The second-order valence-corrected chi connectivity index (χ2v) is 5.90. The molecule has 1 aromatic heterocycles. The highest BCUT2D eigenvalue weighted by Gasteiger charge is 2.17. The molecule has 0 unspecified atom stereocenters. The van der Waals surface area contributed by atoms with Crippen LogP contribution in [0.4, 0.5) is 5.69 Å². The number of benzene rings is 2. The van der Waals surface area contributed by atoms with E-state index in [0.29, 0.717) is 11.0 Å². The number of carbonyl (C=O) groups is 2. The third-order valence-corrected chi connectivity index (χ3v) is 4.15. The van der Waals surface area contributed by atoms with Gasteiger partial charge < -0.3 is 14.5 Å². The number of hydrogen-bond donors (Lipinski definition) is 1. The summed E-state index contributed by atoms with van der Waals surface area (Å²) in [5, 5.41) is 3.00. The molecule has 6 nitrogen and oxygen atoms in total. The summed E-state index contributed by atoms with van der Waals surface area (Å²) in [6, 6.07) is 11.0. The van der Waals surface area contributed by atoms with Crippen molar-refractivity contribution in [2.24, 2.45) is 0 Å². The molecule has 3 aromatic rings. The average Bonchev–Trinajstić information content (AvgIpc) is 2.63. The number of amides is 1. The SMILES string of the molecule is COC(=O)c1ccccc1NC(=O)c1cc(=O)c2cc(C)c(C)cc2o1. The molecular weight excluding hydrogens is 334 g/mol. The molecule has 0 saturated carbocycles. The van der Waals surface area contributed by atoms with Crippen LogP contribution in [0, 0.1) is 13.8 Å². The molecule has 0 fully saturated rings. The van der Waals surface area contributed by atoms with Gasteiger partial charge in [0, 0.05) is 6.07 Å². The van der Waals surface area contributed by atoms with E-state index in [1.807, 2.05) is 13.8 Å². The highest BCUT2D eigenvalue weighted by Crippen LogP contribution is 2.20. The van der Waals surface area contributed by atoms with E-state index in [1.54, 1.807) is 30.3 Å². The predicted molar refractivity (Wildman–Crippen MR) is 97.7 cm³/mol. The number of carbonyl (C=O) groups excluding carboxylic acids is 2. The number of esters is 1. The Hall–Kier alpha value is -3.41. The van der Waals surface area contributed by atoms with E-state index >= 15 is 0 Å². The lowest BCUT2D eigenvalue weighted by Crippen LogP contribution is -2.17. The van der Waals surface area contributed by atoms with Crippen LogP contribution in [0.3, 0.4) is 0 Å². The summed E-state index contributed by atoms with van der Waals surface area (Å²) < 4.78 is 10.3. The molecule has 132 valence electrons. The minimum absolute atomic E-state index is 0.134. The van der Waals surface area contributed by atoms with Gasteiger partial charge in [-0.15, -0.1) is 0 Å². The van der Waals surface area contributed by atoms with E-state index in [2.05, 4.69) is 5.32 Å². The summed E-state index contributed by atoms with van der Waals surface area (Å²) in [5.74, 6) is -1.34. The van der Waals surface area contributed by atoms with E-state index in [9.17, 15) is 14.4 Å². The van der Waals surface area contributed by atoms with Crippen molar-refractivity contribution in [3.63, 3.8) is 0 Å². The number of fused-ring (bicyclic) bond motifs is 1. The topological polar surface area (TPSA) is 85.6 Å². The van der Waals surface area contributed by atoms with Gasteiger partial charge in [0.05, 0.1) is 23.7 Å². The van der Waals surface area contributed by atoms with Crippen molar-refractivity contribution in [1.29, 1.82) is 0 Å². The summed E-state index contributed by atoms with van der Waals surface area (Å²) in [4.78, 5) is 36.7. The minimum Gasteiger partial charge on any atom is -0.465 e. The van der Waals surface area contributed by atoms with Gasteiger partial charge in [0.15, 0.2) is 11.2 Å². The number of ether oxygens (including phenoxy) is 1. The zero-order valence-corrected chi connectivity index (χ0v) is 14.6. The molecule has 0 aliphatic rings. The van der Waals surface area contributed by atoms with Crippen molar-refractivity contribution in [2.75, 3.05) is 12.4 Å². The molecule has 0 saturated heterocycles. The smallest absolute Gasteiger partial charge is 0.339 e. The Morgan fingerprint density at radius 2 is 1.73 bits per heavy atom. The second kappa shape index (κ2) is 6.84. The summed E-state index contributed by atoms with van der Waals surface area (Å²) in [7, 11) is 1.26. The molecule has 1 amide bonds. The first-order chi connectivity index (χ1) is 12.4. The average molecular weight is 351 g/mol. The quantitative estimate of drug-likeness (QED) is 0.731. The molecule has 1 N–H and O–H groups in total. The van der Waals surface area contributed by atoms with Gasteiger partial charge in [-0.05, 0) is 49.2 Å². The van der Waals surface area contributed by atoms with Crippen LogP contribution < -0.4 is 10.7 Å². The Morgan fingerprint density at radius 1 is 1.04 bits per heavy atom. The fourth-order valence-electron chi connectivity index (χ4n) is 2.59. The number of para-hydroxylation sites is 1. The highest BCUT2D eigenvalue weighted by molar-refractivity contribution is 6.07. The van der Waals surface area contributed by atoms with Crippen LogP contribution >= 0.6 is 0 Å². The lowest BCUT2D eigenvalue weighted by atomic mass is 10.1. The lowest BCUT2D eigenvalue weighted by Gasteiger charge is -2.10. The Balaban J connectivity index is 2.00. The predicted octanol–water partition coefficient (Wildman–Crippen LogP) is 3.45. The first-order valence-corrected chi connectivity index (χ1v) is 7.94. The first kappa shape index (κ1) is 17.4. The Kier molecular flexibility index (Phi) is 4.58. The minimum atomic E-state index is -0.626. The lowest BCUT2D eigenvalue weighted by molar-refractivity contribution is 0.0602. The second-order valence-electron chi connectivity index (χ2n) is 5.90. The van der Waals surface area contributed by atoms with Gasteiger partial charge >= 0.3 is 5.97 Å². The van der Waals surface area contributed by atoms with Crippen molar-refractivity contribution >= 4 is 28.5 Å². The van der Waals surface area contributed by atoms with Crippen LogP contribution in [-0.2, 0) is 4.74 Å². The van der Waals surface area contributed by atoms with E-state index in [0.717, 1.165) is 17.2 Å². The normalized spacial score (nSPS) is 10.6. The molecule has 6 heteroatoms. The standard InChI is InChI=1S/C20H17NO5/c1-11-8-14-16(22)10-18(26-17(14)9-12(11)2)19(23)21-15-7-5-4-6-13(15)20(24)25-3/h4-10H,1-3H3,(H,21,23). The van der Waals surface area contributed by atoms with Gasteiger partial charge in [-0.2, -0.15) is 0 Å². The van der Waals surface area contributed by atoms with Gasteiger partial charge in [-0.25, -0.2) is 4.79 Å². The van der Waals surface area contributed by atoms with Gasteiger partial charge in [-0.1, -0.05) is 12.1 Å². The van der Waals surface area contributed by atoms with E-state index in [4.69, 9.17) is 9.15 Å². The van der Waals surface area contributed by atoms with Gasteiger partial charge in [0.1, 0.15) is 5.58 Å².